The first-order valence-corrected chi connectivity index (χ1v) is 5.90. The first-order chi connectivity index (χ1) is 7.16. The van der Waals surface area contributed by atoms with Crippen molar-refractivity contribution in [1.82, 2.24) is 0 Å². The van der Waals surface area contributed by atoms with Crippen LogP contribution in [0.4, 0.5) is 10.1 Å². The molecule has 0 radical (unpaired) electrons. The van der Waals surface area contributed by atoms with Crippen molar-refractivity contribution in [3.8, 4) is 5.75 Å². The lowest BCUT2D eigenvalue weighted by molar-refractivity contribution is 0.433. The average molecular weight is 274 g/mol. The second-order valence-corrected chi connectivity index (χ2v) is 4.83. The Morgan fingerprint density at radius 3 is 2.67 bits per heavy atom. The predicted molar refractivity (Wildman–Crippen MR) is 61.6 cm³/mol. The molecule has 2 rings (SSSR count). The number of aromatic hydroxyl groups is 1. The van der Waals surface area contributed by atoms with Gasteiger partial charge in [0.25, 0.3) is 0 Å². The number of benzene rings is 1. The highest BCUT2D eigenvalue weighted by Crippen LogP contribution is 2.33. The first kappa shape index (κ1) is 10.7. The molecule has 15 heavy (non-hydrogen) atoms. The monoisotopic (exact) mass is 273 g/mol. The molecular weight excluding hydrogens is 261 g/mol. The van der Waals surface area contributed by atoms with Crippen molar-refractivity contribution in [3.05, 3.63) is 22.4 Å². The molecule has 4 heteroatoms. The van der Waals surface area contributed by atoms with Gasteiger partial charge in [0, 0.05) is 10.5 Å². The minimum absolute atomic E-state index is 0.287. The highest BCUT2D eigenvalue weighted by atomic mass is 79.9. The van der Waals surface area contributed by atoms with E-state index >= 15 is 0 Å². The summed E-state index contributed by atoms with van der Waals surface area (Å²) < 4.78 is 13.8. The maximum Gasteiger partial charge on any atom is 0.175 e. The topological polar surface area (TPSA) is 32.3 Å². The number of halogens is 2. The Balaban J connectivity index is 2.19. The maximum absolute atomic E-state index is 13.2. The van der Waals surface area contributed by atoms with Gasteiger partial charge in [-0.2, -0.15) is 0 Å². The first-order valence-electron chi connectivity index (χ1n) is 5.11. The van der Waals surface area contributed by atoms with Gasteiger partial charge in [0.2, 0.25) is 0 Å². The summed E-state index contributed by atoms with van der Waals surface area (Å²) in [7, 11) is 0. The van der Waals surface area contributed by atoms with Gasteiger partial charge in [0.1, 0.15) is 0 Å². The third kappa shape index (κ3) is 2.43. The second kappa shape index (κ2) is 4.39. The molecule has 1 aromatic carbocycles. The lowest BCUT2D eigenvalue weighted by Crippen LogP contribution is -2.14. The van der Waals surface area contributed by atoms with E-state index in [4.69, 9.17) is 0 Å². The molecule has 0 spiro atoms. The summed E-state index contributed by atoms with van der Waals surface area (Å²) in [6.45, 7) is 0. The minimum atomic E-state index is -0.593. The molecule has 0 saturated heterocycles. The van der Waals surface area contributed by atoms with Crippen LogP contribution in [0, 0.1) is 5.82 Å². The fraction of sp³-hybridized carbons (Fsp3) is 0.455. The molecule has 0 bridgehead atoms. The van der Waals surface area contributed by atoms with E-state index < -0.39 is 5.82 Å². The Hall–Kier alpha value is -0.770. The van der Waals surface area contributed by atoms with Gasteiger partial charge in [0.05, 0.1) is 5.69 Å². The molecule has 0 aliphatic heterocycles. The van der Waals surface area contributed by atoms with E-state index in [2.05, 4.69) is 21.2 Å². The molecule has 0 aromatic heterocycles. The molecular formula is C11H13BrFNO. The smallest absolute Gasteiger partial charge is 0.175 e. The summed E-state index contributed by atoms with van der Waals surface area (Å²) in [6, 6.07) is 3.33. The SMILES string of the molecule is Oc1c(F)cc(Br)cc1NC1CCCC1. The normalized spacial score (nSPS) is 16.9. The van der Waals surface area contributed by atoms with Crippen molar-refractivity contribution in [3.63, 3.8) is 0 Å². The van der Waals surface area contributed by atoms with Gasteiger partial charge in [-0.25, -0.2) is 4.39 Å². The Morgan fingerprint density at radius 2 is 2.00 bits per heavy atom. The number of nitrogens with one attached hydrogen (secondary N) is 1. The number of hydrogen-bond acceptors (Lipinski definition) is 2. The van der Waals surface area contributed by atoms with Crippen LogP contribution in [0.5, 0.6) is 5.75 Å². The highest BCUT2D eigenvalue weighted by Gasteiger charge is 2.17. The van der Waals surface area contributed by atoms with E-state index in [9.17, 15) is 9.50 Å². The summed E-state index contributed by atoms with van der Waals surface area (Å²) >= 11 is 3.21. The van der Waals surface area contributed by atoms with Crippen LogP contribution < -0.4 is 5.32 Å². The molecule has 0 unspecified atom stereocenters. The van der Waals surface area contributed by atoms with Crippen molar-refractivity contribution in [2.45, 2.75) is 31.7 Å². The van der Waals surface area contributed by atoms with Gasteiger partial charge in [-0.05, 0) is 25.0 Å². The Kier molecular flexibility index (Phi) is 3.14. The van der Waals surface area contributed by atoms with Crippen molar-refractivity contribution in [2.75, 3.05) is 5.32 Å². The van der Waals surface area contributed by atoms with Crippen LogP contribution in [0.3, 0.4) is 0 Å². The molecule has 2 N–H and O–H groups in total. The molecule has 1 aliphatic carbocycles. The van der Waals surface area contributed by atoms with Crippen molar-refractivity contribution in [1.29, 1.82) is 0 Å². The summed E-state index contributed by atoms with van der Waals surface area (Å²) in [5.41, 5.74) is 0.480. The molecule has 0 amide bonds. The number of hydrogen-bond donors (Lipinski definition) is 2. The average Bonchev–Trinajstić information content (AvgIpc) is 2.66. The summed E-state index contributed by atoms with van der Waals surface area (Å²) in [6.07, 6.45) is 4.59. The molecule has 0 heterocycles. The maximum atomic E-state index is 13.2. The zero-order valence-corrected chi connectivity index (χ0v) is 9.85. The largest absolute Gasteiger partial charge is 0.503 e. The molecule has 1 saturated carbocycles. The predicted octanol–water partition coefficient (Wildman–Crippen LogP) is 3.65. The van der Waals surface area contributed by atoms with Crippen LogP contribution in [0.25, 0.3) is 0 Å². The summed E-state index contributed by atoms with van der Waals surface area (Å²) in [4.78, 5) is 0. The zero-order chi connectivity index (χ0) is 10.8. The van der Waals surface area contributed by atoms with Gasteiger partial charge in [-0.15, -0.1) is 0 Å². The summed E-state index contributed by atoms with van der Waals surface area (Å²) in [5.74, 6) is -0.880. The Labute approximate surface area is 96.6 Å². The standard InChI is InChI=1S/C11H13BrFNO/c12-7-5-9(13)11(15)10(6-7)14-8-3-1-2-4-8/h5-6,8,14-15H,1-4H2. The van der Waals surface area contributed by atoms with Crippen molar-refractivity contribution in [2.24, 2.45) is 0 Å². The summed E-state index contributed by atoms with van der Waals surface area (Å²) in [5, 5.41) is 12.7. The Morgan fingerprint density at radius 1 is 1.33 bits per heavy atom. The second-order valence-electron chi connectivity index (χ2n) is 3.91. The van der Waals surface area contributed by atoms with Crippen LogP contribution in [0.2, 0.25) is 0 Å². The van der Waals surface area contributed by atoms with Crippen LogP contribution >= 0.6 is 15.9 Å². The lowest BCUT2D eigenvalue weighted by atomic mass is 10.2. The van der Waals surface area contributed by atoms with Gasteiger partial charge in [-0.1, -0.05) is 28.8 Å². The molecule has 0 atom stereocenters. The van der Waals surface area contributed by atoms with Crippen LogP contribution in [0.1, 0.15) is 25.7 Å². The quantitative estimate of drug-likeness (QED) is 0.807. The zero-order valence-electron chi connectivity index (χ0n) is 8.26. The number of phenolic OH excluding ortho intramolecular Hbond substituents is 1. The highest BCUT2D eigenvalue weighted by molar-refractivity contribution is 9.10. The third-order valence-corrected chi connectivity index (χ3v) is 3.20. The van der Waals surface area contributed by atoms with E-state index in [-0.39, 0.29) is 5.75 Å². The van der Waals surface area contributed by atoms with E-state index in [1.807, 2.05) is 0 Å². The molecule has 1 aromatic rings. The lowest BCUT2D eigenvalue weighted by Gasteiger charge is -2.15. The van der Waals surface area contributed by atoms with Crippen LogP contribution in [-0.2, 0) is 0 Å². The fourth-order valence-electron chi connectivity index (χ4n) is 1.97. The molecule has 1 fully saturated rings. The fourth-order valence-corrected chi connectivity index (χ4v) is 2.40. The van der Waals surface area contributed by atoms with E-state index in [0.717, 1.165) is 12.8 Å². The van der Waals surface area contributed by atoms with Crippen molar-refractivity contribution < 1.29 is 9.50 Å². The van der Waals surface area contributed by atoms with Crippen LogP contribution in [-0.4, -0.2) is 11.1 Å². The van der Waals surface area contributed by atoms with Gasteiger partial charge >= 0.3 is 0 Å². The van der Waals surface area contributed by atoms with Crippen molar-refractivity contribution >= 4 is 21.6 Å². The molecule has 2 nitrogen and oxygen atoms in total. The molecule has 1 aliphatic rings. The number of anilines is 1. The molecule has 82 valence electrons. The number of rotatable bonds is 2. The van der Waals surface area contributed by atoms with E-state index in [1.165, 1.54) is 18.9 Å². The number of phenols is 1. The van der Waals surface area contributed by atoms with Gasteiger partial charge < -0.3 is 10.4 Å². The van der Waals surface area contributed by atoms with E-state index in [1.54, 1.807) is 6.07 Å². The van der Waals surface area contributed by atoms with E-state index in [0.29, 0.717) is 16.2 Å². The van der Waals surface area contributed by atoms with Gasteiger partial charge in [-0.3, -0.25) is 0 Å². The van der Waals surface area contributed by atoms with Gasteiger partial charge in [0.15, 0.2) is 11.6 Å². The third-order valence-electron chi connectivity index (χ3n) is 2.74. The minimum Gasteiger partial charge on any atom is -0.503 e. The van der Waals surface area contributed by atoms with Crippen LogP contribution in [0.15, 0.2) is 16.6 Å². The Bertz CT molecular complexity index is 364.